The maximum absolute atomic E-state index is 12.2. The van der Waals surface area contributed by atoms with Crippen LogP contribution < -0.4 is 19.6 Å². The normalized spacial score (nSPS) is 10.7. The van der Waals surface area contributed by atoms with Gasteiger partial charge in [-0.2, -0.15) is 5.10 Å². The molecule has 3 aromatic rings. The molecule has 0 aliphatic rings. The Labute approximate surface area is 190 Å². The quantitative estimate of drug-likeness (QED) is 0.336. The van der Waals surface area contributed by atoms with Crippen molar-refractivity contribution >= 4 is 28.1 Å². The highest BCUT2D eigenvalue weighted by Gasteiger charge is 2.07. The fraction of sp³-hybridized carbons (Fsp3) is 0.167. The van der Waals surface area contributed by atoms with Crippen molar-refractivity contribution in [3.05, 3.63) is 87.9 Å². The van der Waals surface area contributed by atoms with Gasteiger partial charge in [-0.3, -0.25) is 4.79 Å². The van der Waals surface area contributed by atoms with Crippen LogP contribution in [0.4, 0.5) is 0 Å². The van der Waals surface area contributed by atoms with E-state index in [2.05, 4.69) is 26.5 Å². The molecule has 0 aliphatic heterocycles. The van der Waals surface area contributed by atoms with Gasteiger partial charge in [0.2, 0.25) is 0 Å². The summed E-state index contributed by atoms with van der Waals surface area (Å²) in [5.74, 6) is 1.64. The maximum Gasteiger partial charge on any atom is 0.271 e. The largest absolute Gasteiger partial charge is 0.497 e. The Morgan fingerprint density at radius 3 is 2.42 bits per heavy atom. The van der Waals surface area contributed by atoms with Gasteiger partial charge in [-0.05, 0) is 72.6 Å². The molecule has 0 unspecified atom stereocenters. The summed E-state index contributed by atoms with van der Waals surface area (Å²) in [6, 6.07) is 20.2. The smallest absolute Gasteiger partial charge is 0.271 e. The van der Waals surface area contributed by atoms with Crippen LogP contribution in [-0.4, -0.2) is 25.8 Å². The molecule has 0 bridgehead atoms. The van der Waals surface area contributed by atoms with Gasteiger partial charge < -0.3 is 14.2 Å². The van der Waals surface area contributed by atoms with Crippen molar-refractivity contribution in [2.75, 3.05) is 13.7 Å². The van der Waals surface area contributed by atoms with Gasteiger partial charge >= 0.3 is 0 Å². The number of nitrogens with one attached hydrogen (secondary N) is 1. The summed E-state index contributed by atoms with van der Waals surface area (Å²) in [5.41, 5.74) is 4.83. The summed E-state index contributed by atoms with van der Waals surface area (Å²) < 4.78 is 17.7. The number of halogens is 1. The van der Waals surface area contributed by atoms with Gasteiger partial charge in [0.15, 0.2) is 11.5 Å². The standard InChI is InChI=1S/C24H23BrN2O4/c1-3-30-23-14-18(6-13-22(23)31-16-17-4-9-20(25)10-5-17)15-26-27-24(28)19-7-11-21(29-2)12-8-19/h4-15H,3,16H2,1-2H3,(H,27,28)/b26-15-. The number of carbonyl (C=O) groups is 1. The van der Waals surface area contributed by atoms with Gasteiger partial charge in [0.05, 0.1) is 19.9 Å². The van der Waals surface area contributed by atoms with Crippen molar-refractivity contribution in [2.24, 2.45) is 5.10 Å². The summed E-state index contributed by atoms with van der Waals surface area (Å²) in [5, 5.41) is 4.04. The summed E-state index contributed by atoms with van der Waals surface area (Å²) >= 11 is 3.43. The lowest BCUT2D eigenvalue weighted by atomic mass is 10.2. The van der Waals surface area contributed by atoms with E-state index in [9.17, 15) is 4.79 Å². The zero-order chi connectivity index (χ0) is 22.1. The SMILES string of the molecule is CCOc1cc(/C=N\NC(=O)c2ccc(OC)cc2)ccc1OCc1ccc(Br)cc1. The monoisotopic (exact) mass is 482 g/mol. The van der Waals surface area contributed by atoms with Crippen molar-refractivity contribution in [1.82, 2.24) is 5.43 Å². The van der Waals surface area contributed by atoms with Crippen LogP contribution in [0.2, 0.25) is 0 Å². The van der Waals surface area contributed by atoms with Crippen LogP contribution in [0.3, 0.4) is 0 Å². The molecule has 0 saturated carbocycles. The molecule has 1 N–H and O–H groups in total. The molecule has 1 amide bonds. The Hall–Kier alpha value is -3.32. The number of carbonyl (C=O) groups excluding carboxylic acids is 1. The highest BCUT2D eigenvalue weighted by Crippen LogP contribution is 2.29. The van der Waals surface area contributed by atoms with Crippen LogP contribution >= 0.6 is 15.9 Å². The molecule has 0 radical (unpaired) electrons. The van der Waals surface area contributed by atoms with E-state index in [1.807, 2.05) is 49.4 Å². The number of nitrogens with zero attached hydrogens (tertiary/aromatic N) is 1. The molecule has 6 nitrogen and oxygen atoms in total. The maximum atomic E-state index is 12.2. The highest BCUT2D eigenvalue weighted by atomic mass is 79.9. The van der Waals surface area contributed by atoms with E-state index >= 15 is 0 Å². The van der Waals surface area contributed by atoms with Gasteiger partial charge in [0.25, 0.3) is 5.91 Å². The number of methoxy groups -OCH3 is 1. The Balaban J connectivity index is 1.63. The van der Waals surface area contributed by atoms with Crippen molar-refractivity contribution in [3.63, 3.8) is 0 Å². The minimum absolute atomic E-state index is 0.307. The summed E-state index contributed by atoms with van der Waals surface area (Å²) in [7, 11) is 1.58. The van der Waals surface area contributed by atoms with Crippen molar-refractivity contribution < 1.29 is 19.0 Å². The molecule has 0 atom stereocenters. The predicted octanol–water partition coefficient (Wildman–Crippen LogP) is 5.20. The first-order valence-corrected chi connectivity index (χ1v) is 10.5. The third-order valence-electron chi connectivity index (χ3n) is 4.31. The van der Waals surface area contributed by atoms with Crippen LogP contribution in [0.5, 0.6) is 17.2 Å². The zero-order valence-electron chi connectivity index (χ0n) is 17.3. The van der Waals surface area contributed by atoms with Crippen LogP contribution in [0.25, 0.3) is 0 Å². The number of hydrogen-bond donors (Lipinski definition) is 1. The Kier molecular flexibility index (Phi) is 8.06. The van der Waals surface area contributed by atoms with Crippen molar-refractivity contribution in [1.29, 1.82) is 0 Å². The number of ether oxygens (including phenoxy) is 3. The van der Waals surface area contributed by atoms with Crippen LogP contribution in [0.15, 0.2) is 76.3 Å². The van der Waals surface area contributed by atoms with Gasteiger partial charge in [-0.15, -0.1) is 0 Å². The van der Waals surface area contributed by atoms with E-state index in [0.717, 1.165) is 15.6 Å². The van der Waals surface area contributed by atoms with E-state index in [1.165, 1.54) is 0 Å². The number of amides is 1. The molecule has 7 heteroatoms. The number of hydrogen-bond acceptors (Lipinski definition) is 5. The average molecular weight is 483 g/mol. The Morgan fingerprint density at radius 1 is 1.00 bits per heavy atom. The minimum Gasteiger partial charge on any atom is -0.497 e. The fourth-order valence-electron chi connectivity index (χ4n) is 2.71. The van der Waals surface area contributed by atoms with Gasteiger partial charge in [0, 0.05) is 10.0 Å². The first kappa shape index (κ1) is 22.4. The molecule has 0 aliphatic carbocycles. The lowest BCUT2D eigenvalue weighted by Crippen LogP contribution is -2.17. The zero-order valence-corrected chi connectivity index (χ0v) is 18.9. The predicted molar refractivity (Wildman–Crippen MR) is 124 cm³/mol. The first-order chi connectivity index (χ1) is 15.1. The Bertz CT molecular complexity index is 1030. The highest BCUT2D eigenvalue weighted by molar-refractivity contribution is 9.10. The second kappa shape index (κ2) is 11.2. The molecule has 31 heavy (non-hydrogen) atoms. The topological polar surface area (TPSA) is 69.2 Å². The lowest BCUT2D eigenvalue weighted by molar-refractivity contribution is 0.0955. The lowest BCUT2D eigenvalue weighted by Gasteiger charge is -2.12. The second-order valence-electron chi connectivity index (χ2n) is 6.48. The third-order valence-corrected chi connectivity index (χ3v) is 4.84. The van der Waals surface area contributed by atoms with E-state index in [0.29, 0.717) is 36.0 Å². The summed E-state index contributed by atoms with van der Waals surface area (Å²) in [6.07, 6.45) is 1.56. The fourth-order valence-corrected chi connectivity index (χ4v) is 2.97. The van der Waals surface area contributed by atoms with E-state index < -0.39 is 0 Å². The molecule has 0 aromatic heterocycles. The summed E-state index contributed by atoms with van der Waals surface area (Å²) in [4.78, 5) is 12.2. The van der Waals surface area contributed by atoms with Crippen LogP contribution in [0.1, 0.15) is 28.4 Å². The van der Waals surface area contributed by atoms with Crippen LogP contribution in [-0.2, 0) is 6.61 Å². The molecular formula is C24H23BrN2O4. The van der Waals surface area contributed by atoms with Gasteiger partial charge in [0.1, 0.15) is 12.4 Å². The molecule has 3 aromatic carbocycles. The molecule has 0 saturated heterocycles. The first-order valence-electron chi connectivity index (χ1n) is 9.70. The Morgan fingerprint density at radius 2 is 1.74 bits per heavy atom. The molecular weight excluding hydrogens is 460 g/mol. The minimum atomic E-state index is -0.307. The molecule has 0 spiro atoms. The van der Waals surface area contributed by atoms with Gasteiger partial charge in [-0.1, -0.05) is 28.1 Å². The number of rotatable bonds is 9. The van der Waals surface area contributed by atoms with Gasteiger partial charge in [-0.25, -0.2) is 5.43 Å². The number of hydrazone groups is 1. The molecule has 160 valence electrons. The molecule has 3 rings (SSSR count). The van der Waals surface area contributed by atoms with E-state index in [-0.39, 0.29) is 5.91 Å². The second-order valence-corrected chi connectivity index (χ2v) is 7.40. The average Bonchev–Trinajstić information content (AvgIpc) is 2.80. The van der Waals surface area contributed by atoms with E-state index in [1.54, 1.807) is 37.6 Å². The van der Waals surface area contributed by atoms with Crippen molar-refractivity contribution in [2.45, 2.75) is 13.5 Å². The van der Waals surface area contributed by atoms with Crippen molar-refractivity contribution in [3.8, 4) is 17.2 Å². The third kappa shape index (κ3) is 6.58. The molecule has 0 heterocycles. The molecule has 0 fully saturated rings. The summed E-state index contributed by atoms with van der Waals surface area (Å²) in [6.45, 7) is 2.84. The van der Waals surface area contributed by atoms with Crippen LogP contribution in [0, 0.1) is 0 Å². The number of benzene rings is 3. The van der Waals surface area contributed by atoms with E-state index in [4.69, 9.17) is 14.2 Å².